The van der Waals surface area contributed by atoms with E-state index in [-0.39, 0.29) is 24.4 Å². The number of amides is 1. The molecule has 2 atom stereocenters. The molecule has 28 heavy (non-hydrogen) atoms. The van der Waals surface area contributed by atoms with Gasteiger partial charge in [-0.3, -0.25) is 9.69 Å². The molecule has 2 aromatic carbocycles. The van der Waals surface area contributed by atoms with Crippen molar-refractivity contribution in [2.45, 2.75) is 37.3 Å². The van der Waals surface area contributed by atoms with Gasteiger partial charge in [0, 0.05) is 24.7 Å². The second-order valence-corrected chi connectivity index (χ2v) is 7.76. The summed E-state index contributed by atoms with van der Waals surface area (Å²) in [6, 6.07) is 20.3. The van der Waals surface area contributed by atoms with Crippen LogP contribution in [0.5, 0.6) is 0 Å². The first-order valence-corrected chi connectivity index (χ1v) is 10.0. The summed E-state index contributed by atoms with van der Waals surface area (Å²) in [7, 11) is 0. The minimum absolute atomic E-state index is 0. The van der Waals surface area contributed by atoms with Gasteiger partial charge >= 0.3 is 0 Å². The summed E-state index contributed by atoms with van der Waals surface area (Å²) >= 11 is 0. The molecule has 150 valence electrons. The van der Waals surface area contributed by atoms with E-state index in [0.717, 1.165) is 32.4 Å². The van der Waals surface area contributed by atoms with Crippen LogP contribution in [0.3, 0.4) is 0 Å². The van der Waals surface area contributed by atoms with Gasteiger partial charge in [0.25, 0.3) is 5.91 Å². The van der Waals surface area contributed by atoms with Crippen molar-refractivity contribution in [1.82, 2.24) is 9.80 Å². The molecule has 1 amide bonds. The van der Waals surface area contributed by atoms with E-state index in [1.165, 1.54) is 5.56 Å². The Balaban J connectivity index is 0.00000225. The molecule has 0 aliphatic carbocycles. The lowest BCUT2D eigenvalue weighted by atomic mass is 9.87. The Morgan fingerprint density at radius 2 is 1.46 bits per heavy atom. The van der Waals surface area contributed by atoms with E-state index in [1.807, 2.05) is 30.3 Å². The zero-order chi connectivity index (χ0) is 18.6. The third kappa shape index (κ3) is 4.57. The van der Waals surface area contributed by atoms with Gasteiger partial charge in [0.1, 0.15) is 0 Å². The summed E-state index contributed by atoms with van der Waals surface area (Å²) < 4.78 is 0. The van der Waals surface area contributed by atoms with Crippen molar-refractivity contribution >= 4 is 18.3 Å². The molecular formula is C23H29ClN2O2. The molecular weight excluding hydrogens is 372 g/mol. The van der Waals surface area contributed by atoms with Crippen LogP contribution < -0.4 is 0 Å². The fourth-order valence-corrected chi connectivity index (χ4v) is 4.58. The van der Waals surface area contributed by atoms with Crippen LogP contribution in [0.1, 0.15) is 41.1 Å². The first-order valence-electron chi connectivity index (χ1n) is 10.0. The summed E-state index contributed by atoms with van der Waals surface area (Å²) in [5.74, 6) is 0.648. The van der Waals surface area contributed by atoms with Crippen LogP contribution >= 0.6 is 12.4 Å². The number of benzene rings is 2. The van der Waals surface area contributed by atoms with Gasteiger partial charge in [-0.2, -0.15) is 0 Å². The van der Waals surface area contributed by atoms with Crippen molar-refractivity contribution in [3.63, 3.8) is 0 Å². The molecule has 0 spiro atoms. The highest BCUT2D eigenvalue weighted by Gasteiger charge is 2.35. The molecule has 0 saturated carbocycles. The number of likely N-dealkylation sites (tertiary alicyclic amines) is 2. The van der Waals surface area contributed by atoms with Crippen molar-refractivity contribution in [2.24, 2.45) is 0 Å². The Bertz CT molecular complexity index is 748. The lowest BCUT2D eigenvalue weighted by molar-refractivity contribution is -0.0164. The Hall–Kier alpha value is -1.88. The number of rotatable bonds is 3. The number of β-amino-alcohol motifs (C(OH)–C–C–N with tert-alkyl or cyclic N) is 1. The van der Waals surface area contributed by atoms with Crippen molar-refractivity contribution in [2.75, 3.05) is 26.2 Å². The largest absolute Gasteiger partial charge is 0.390 e. The van der Waals surface area contributed by atoms with E-state index in [2.05, 4.69) is 35.2 Å². The summed E-state index contributed by atoms with van der Waals surface area (Å²) in [5, 5.41) is 10.7. The highest BCUT2D eigenvalue weighted by molar-refractivity contribution is 5.94. The first-order chi connectivity index (χ1) is 13.2. The molecule has 2 aliphatic rings. The number of carbonyl (C=O) groups excluding carboxylic acids is 1. The lowest BCUT2D eigenvalue weighted by Crippen LogP contribution is -2.56. The van der Waals surface area contributed by atoms with E-state index in [0.29, 0.717) is 24.6 Å². The highest BCUT2D eigenvalue weighted by Crippen LogP contribution is 2.30. The second kappa shape index (κ2) is 9.55. The number of carbonyl (C=O) groups is 1. The SMILES string of the molecule is Cl.O=C(c1ccccc1)N1CC[C@@H](N2CCC(c3ccccc3)CC2)[C@H](O)C1. The Morgan fingerprint density at radius 1 is 0.857 bits per heavy atom. The van der Waals surface area contributed by atoms with E-state index < -0.39 is 6.10 Å². The molecule has 0 radical (unpaired) electrons. The average molecular weight is 401 g/mol. The monoisotopic (exact) mass is 400 g/mol. The van der Waals surface area contributed by atoms with Crippen LogP contribution in [0.2, 0.25) is 0 Å². The van der Waals surface area contributed by atoms with Crippen LogP contribution in [0, 0.1) is 0 Å². The van der Waals surface area contributed by atoms with E-state index in [9.17, 15) is 9.90 Å². The molecule has 2 heterocycles. The second-order valence-electron chi connectivity index (χ2n) is 7.76. The van der Waals surface area contributed by atoms with E-state index >= 15 is 0 Å². The van der Waals surface area contributed by atoms with Crippen LogP contribution in [-0.4, -0.2) is 59.1 Å². The predicted octanol–water partition coefficient (Wildman–Crippen LogP) is 3.56. The highest BCUT2D eigenvalue weighted by atomic mass is 35.5. The number of halogens is 1. The summed E-state index contributed by atoms with van der Waals surface area (Å²) in [6.07, 6.45) is 2.65. The molecule has 0 bridgehead atoms. The van der Waals surface area contributed by atoms with E-state index in [4.69, 9.17) is 0 Å². The minimum atomic E-state index is -0.473. The molecule has 4 nitrogen and oxygen atoms in total. The molecule has 2 aromatic rings. The van der Waals surface area contributed by atoms with Crippen LogP contribution in [0.25, 0.3) is 0 Å². The number of aliphatic hydroxyl groups is 1. The molecule has 4 rings (SSSR count). The lowest BCUT2D eigenvalue weighted by Gasteiger charge is -2.44. The smallest absolute Gasteiger partial charge is 0.253 e. The number of aliphatic hydroxyl groups excluding tert-OH is 1. The zero-order valence-electron chi connectivity index (χ0n) is 16.1. The third-order valence-corrected chi connectivity index (χ3v) is 6.12. The van der Waals surface area contributed by atoms with Gasteiger partial charge in [0.05, 0.1) is 6.10 Å². The van der Waals surface area contributed by atoms with Crippen LogP contribution in [0.15, 0.2) is 60.7 Å². The Kier molecular flexibility index (Phi) is 7.11. The molecule has 1 N–H and O–H groups in total. The van der Waals surface area contributed by atoms with Gasteiger partial charge in [-0.15, -0.1) is 12.4 Å². The van der Waals surface area contributed by atoms with Gasteiger partial charge in [0.2, 0.25) is 0 Å². The van der Waals surface area contributed by atoms with Gasteiger partial charge < -0.3 is 10.0 Å². The van der Waals surface area contributed by atoms with Gasteiger partial charge in [0.15, 0.2) is 0 Å². The van der Waals surface area contributed by atoms with E-state index in [1.54, 1.807) is 4.90 Å². The molecule has 2 aliphatic heterocycles. The third-order valence-electron chi connectivity index (χ3n) is 6.12. The molecule has 5 heteroatoms. The first kappa shape index (κ1) is 20.8. The summed E-state index contributed by atoms with van der Waals surface area (Å²) in [4.78, 5) is 16.9. The number of piperidine rings is 2. The molecule has 0 aromatic heterocycles. The minimum Gasteiger partial charge on any atom is -0.390 e. The molecule has 2 fully saturated rings. The number of hydrogen-bond donors (Lipinski definition) is 1. The molecule has 0 unspecified atom stereocenters. The van der Waals surface area contributed by atoms with Crippen molar-refractivity contribution in [3.05, 3.63) is 71.8 Å². The summed E-state index contributed by atoms with van der Waals surface area (Å²) in [6.45, 7) is 3.19. The molecule has 2 saturated heterocycles. The van der Waals surface area contributed by atoms with Gasteiger partial charge in [-0.25, -0.2) is 0 Å². The Labute approximate surface area is 173 Å². The van der Waals surface area contributed by atoms with Crippen LogP contribution in [0.4, 0.5) is 0 Å². The van der Waals surface area contributed by atoms with Crippen LogP contribution in [-0.2, 0) is 0 Å². The maximum absolute atomic E-state index is 12.6. The average Bonchev–Trinajstić information content (AvgIpc) is 2.74. The maximum atomic E-state index is 12.6. The van der Waals surface area contributed by atoms with Crippen molar-refractivity contribution in [1.29, 1.82) is 0 Å². The normalized spacial score (nSPS) is 23.8. The number of hydrogen-bond acceptors (Lipinski definition) is 3. The quantitative estimate of drug-likeness (QED) is 0.856. The number of nitrogens with zero attached hydrogens (tertiary/aromatic N) is 2. The van der Waals surface area contributed by atoms with Gasteiger partial charge in [-0.1, -0.05) is 48.5 Å². The fraction of sp³-hybridized carbons (Fsp3) is 0.435. The standard InChI is InChI=1S/C23H28N2O2.ClH/c26-22-17-25(23(27)20-9-5-2-6-10-20)16-13-21(22)24-14-11-19(12-15-24)18-7-3-1-4-8-18;/h1-10,19,21-22,26H,11-17H2;1H/t21-,22-;/m1./s1. The fourth-order valence-electron chi connectivity index (χ4n) is 4.58. The zero-order valence-corrected chi connectivity index (χ0v) is 16.9. The Morgan fingerprint density at radius 3 is 2.07 bits per heavy atom. The summed E-state index contributed by atoms with van der Waals surface area (Å²) in [5.41, 5.74) is 2.13. The van der Waals surface area contributed by atoms with Gasteiger partial charge in [-0.05, 0) is 56.0 Å². The maximum Gasteiger partial charge on any atom is 0.253 e. The van der Waals surface area contributed by atoms with Crippen molar-refractivity contribution < 1.29 is 9.90 Å². The topological polar surface area (TPSA) is 43.8 Å². The van der Waals surface area contributed by atoms with Crippen molar-refractivity contribution in [3.8, 4) is 0 Å². The predicted molar refractivity (Wildman–Crippen MR) is 114 cm³/mol.